The van der Waals surface area contributed by atoms with E-state index in [4.69, 9.17) is 0 Å². The highest BCUT2D eigenvalue weighted by molar-refractivity contribution is 4.78. The van der Waals surface area contributed by atoms with Crippen molar-refractivity contribution in [2.45, 2.75) is 78.2 Å². The molecule has 1 aliphatic rings. The third kappa shape index (κ3) is 7.94. The fourth-order valence-electron chi connectivity index (χ4n) is 3.19. The van der Waals surface area contributed by atoms with Crippen molar-refractivity contribution in [2.75, 3.05) is 26.2 Å². The first-order valence-electron chi connectivity index (χ1n) is 8.68. The number of nitrogens with one attached hydrogen (secondary N) is 1. The van der Waals surface area contributed by atoms with Gasteiger partial charge in [-0.1, -0.05) is 52.9 Å². The van der Waals surface area contributed by atoms with Gasteiger partial charge in [0.05, 0.1) is 0 Å². The van der Waals surface area contributed by atoms with E-state index in [9.17, 15) is 0 Å². The van der Waals surface area contributed by atoms with Crippen LogP contribution in [0, 0.1) is 5.92 Å². The van der Waals surface area contributed by atoms with Crippen molar-refractivity contribution in [3.05, 3.63) is 0 Å². The topological polar surface area (TPSA) is 15.3 Å². The fourth-order valence-corrected chi connectivity index (χ4v) is 3.19. The van der Waals surface area contributed by atoms with Crippen LogP contribution in [0.5, 0.6) is 0 Å². The Labute approximate surface area is 121 Å². The molecule has 0 saturated heterocycles. The summed E-state index contributed by atoms with van der Waals surface area (Å²) in [5.74, 6) is 0.796. The van der Waals surface area contributed by atoms with E-state index in [2.05, 4.69) is 31.0 Å². The minimum Gasteiger partial charge on any atom is -0.315 e. The zero-order valence-electron chi connectivity index (χ0n) is 13.6. The molecule has 0 amide bonds. The summed E-state index contributed by atoms with van der Waals surface area (Å²) in [7, 11) is 0. The van der Waals surface area contributed by atoms with E-state index in [0.717, 1.165) is 12.0 Å². The summed E-state index contributed by atoms with van der Waals surface area (Å²) in [6.07, 6.45) is 11.2. The van der Waals surface area contributed by atoms with E-state index in [1.807, 2.05) is 0 Å². The number of hydrogen-bond donors (Lipinski definition) is 1. The van der Waals surface area contributed by atoms with Crippen LogP contribution in [0.3, 0.4) is 0 Å². The first-order chi connectivity index (χ1) is 9.24. The molecular formula is C17H36N2. The van der Waals surface area contributed by atoms with E-state index < -0.39 is 0 Å². The molecule has 2 heteroatoms. The van der Waals surface area contributed by atoms with Gasteiger partial charge in [-0.25, -0.2) is 0 Å². The fraction of sp³-hybridized carbons (Fsp3) is 1.00. The molecule has 1 N–H and O–H groups in total. The zero-order chi connectivity index (χ0) is 13.9. The van der Waals surface area contributed by atoms with Crippen LogP contribution in [0.15, 0.2) is 0 Å². The molecule has 1 aliphatic carbocycles. The van der Waals surface area contributed by atoms with Crippen LogP contribution in [-0.4, -0.2) is 37.1 Å². The van der Waals surface area contributed by atoms with E-state index in [1.54, 1.807) is 0 Å². The van der Waals surface area contributed by atoms with Gasteiger partial charge in [0.25, 0.3) is 0 Å². The molecule has 0 aromatic rings. The second-order valence-corrected chi connectivity index (χ2v) is 6.64. The number of hydrogen-bond acceptors (Lipinski definition) is 2. The van der Waals surface area contributed by atoms with Crippen molar-refractivity contribution < 1.29 is 0 Å². The summed E-state index contributed by atoms with van der Waals surface area (Å²) in [6, 6.07) is 0.879. The predicted octanol–water partition coefficient (Wildman–Crippen LogP) is 4.06. The van der Waals surface area contributed by atoms with Gasteiger partial charge >= 0.3 is 0 Å². The van der Waals surface area contributed by atoms with Crippen LogP contribution >= 0.6 is 0 Å². The van der Waals surface area contributed by atoms with Crippen molar-refractivity contribution in [3.63, 3.8) is 0 Å². The van der Waals surface area contributed by atoms with Gasteiger partial charge in [-0.05, 0) is 31.7 Å². The third-order valence-corrected chi connectivity index (χ3v) is 4.22. The van der Waals surface area contributed by atoms with Crippen molar-refractivity contribution in [1.29, 1.82) is 0 Å². The van der Waals surface area contributed by atoms with Crippen LogP contribution < -0.4 is 5.32 Å². The molecule has 0 spiro atoms. The molecule has 1 saturated carbocycles. The minimum atomic E-state index is 0.796. The second kappa shape index (κ2) is 10.7. The lowest BCUT2D eigenvalue weighted by Crippen LogP contribution is -2.40. The maximum absolute atomic E-state index is 3.63. The van der Waals surface area contributed by atoms with E-state index in [-0.39, 0.29) is 0 Å². The Balaban J connectivity index is 2.10. The average molecular weight is 268 g/mol. The Bertz CT molecular complexity index is 197. The van der Waals surface area contributed by atoms with Gasteiger partial charge in [0.15, 0.2) is 0 Å². The van der Waals surface area contributed by atoms with Gasteiger partial charge in [0.1, 0.15) is 0 Å². The molecular weight excluding hydrogens is 232 g/mol. The molecule has 0 aromatic carbocycles. The largest absolute Gasteiger partial charge is 0.315 e. The normalized spacial score (nSPS) is 16.9. The first-order valence-corrected chi connectivity index (χ1v) is 8.68. The molecule has 0 bridgehead atoms. The van der Waals surface area contributed by atoms with Gasteiger partial charge in [-0.2, -0.15) is 0 Å². The Morgan fingerprint density at radius 1 is 1.05 bits per heavy atom. The zero-order valence-corrected chi connectivity index (χ0v) is 13.6. The molecule has 19 heavy (non-hydrogen) atoms. The summed E-state index contributed by atoms with van der Waals surface area (Å²) < 4.78 is 0. The lowest BCUT2D eigenvalue weighted by molar-refractivity contribution is 0.178. The van der Waals surface area contributed by atoms with E-state index >= 15 is 0 Å². The smallest absolute Gasteiger partial charge is 0.0110 e. The Hall–Kier alpha value is -0.0800. The lowest BCUT2D eigenvalue weighted by Gasteiger charge is -2.30. The molecule has 0 atom stereocenters. The quantitative estimate of drug-likeness (QED) is 0.569. The maximum atomic E-state index is 3.63. The predicted molar refractivity (Wildman–Crippen MR) is 85.7 cm³/mol. The highest BCUT2D eigenvalue weighted by Crippen LogP contribution is 2.23. The van der Waals surface area contributed by atoms with Crippen molar-refractivity contribution in [2.24, 2.45) is 5.92 Å². The third-order valence-electron chi connectivity index (χ3n) is 4.22. The van der Waals surface area contributed by atoms with Crippen molar-refractivity contribution in [3.8, 4) is 0 Å². The molecule has 0 aromatic heterocycles. The highest BCUT2D eigenvalue weighted by Gasteiger charge is 2.22. The summed E-state index contributed by atoms with van der Waals surface area (Å²) >= 11 is 0. The molecule has 0 radical (unpaired) electrons. The molecule has 1 rings (SSSR count). The molecule has 0 heterocycles. The van der Waals surface area contributed by atoms with Gasteiger partial charge in [0.2, 0.25) is 0 Å². The molecule has 0 aliphatic heterocycles. The Morgan fingerprint density at radius 2 is 1.79 bits per heavy atom. The summed E-state index contributed by atoms with van der Waals surface area (Å²) in [5.41, 5.74) is 0. The van der Waals surface area contributed by atoms with Crippen LogP contribution in [0.4, 0.5) is 0 Å². The highest BCUT2D eigenvalue weighted by atomic mass is 15.2. The summed E-state index contributed by atoms with van der Waals surface area (Å²) in [5, 5.41) is 3.63. The van der Waals surface area contributed by atoms with Crippen LogP contribution in [0.25, 0.3) is 0 Å². The number of nitrogens with zero attached hydrogens (tertiary/aromatic N) is 1. The monoisotopic (exact) mass is 268 g/mol. The molecule has 114 valence electrons. The van der Waals surface area contributed by atoms with Crippen molar-refractivity contribution in [1.82, 2.24) is 10.2 Å². The van der Waals surface area contributed by atoms with Crippen LogP contribution in [-0.2, 0) is 0 Å². The molecule has 0 unspecified atom stereocenters. The average Bonchev–Trinajstić information content (AvgIpc) is 2.89. The van der Waals surface area contributed by atoms with E-state index in [0.29, 0.717) is 0 Å². The minimum absolute atomic E-state index is 0.796. The molecule has 2 nitrogen and oxygen atoms in total. The van der Waals surface area contributed by atoms with Gasteiger partial charge in [-0.15, -0.1) is 0 Å². The second-order valence-electron chi connectivity index (χ2n) is 6.64. The lowest BCUT2D eigenvalue weighted by atomic mass is 10.1. The first kappa shape index (κ1) is 17.0. The summed E-state index contributed by atoms with van der Waals surface area (Å²) in [6.45, 7) is 11.9. The summed E-state index contributed by atoms with van der Waals surface area (Å²) in [4.78, 5) is 2.75. The van der Waals surface area contributed by atoms with Crippen LogP contribution in [0.1, 0.15) is 72.1 Å². The standard InChI is InChI=1S/C17H36N2/c1-4-5-6-9-12-18-13-14-19(15-16(2)3)17-10-7-8-11-17/h16-18H,4-15H2,1-3H3. The number of unbranched alkanes of at least 4 members (excludes halogenated alkanes) is 3. The van der Waals surface area contributed by atoms with Gasteiger partial charge in [0, 0.05) is 25.7 Å². The van der Waals surface area contributed by atoms with Crippen LogP contribution in [0.2, 0.25) is 0 Å². The maximum Gasteiger partial charge on any atom is 0.0110 e. The van der Waals surface area contributed by atoms with E-state index in [1.165, 1.54) is 77.5 Å². The SMILES string of the molecule is CCCCCCNCCN(CC(C)C)C1CCCC1. The number of rotatable bonds is 11. The van der Waals surface area contributed by atoms with Gasteiger partial charge < -0.3 is 5.32 Å². The van der Waals surface area contributed by atoms with Crippen molar-refractivity contribution >= 4 is 0 Å². The Morgan fingerprint density at radius 3 is 2.42 bits per heavy atom. The molecule has 1 fully saturated rings. The Kier molecular flexibility index (Phi) is 9.54. The van der Waals surface area contributed by atoms with Gasteiger partial charge in [-0.3, -0.25) is 4.90 Å².